The van der Waals surface area contributed by atoms with E-state index in [9.17, 15) is 9.59 Å². The van der Waals surface area contributed by atoms with Crippen LogP contribution in [0.1, 0.15) is 40.5 Å². The van der Waals surface area contributed by atoms with Crippen LogP contribution in [0, 0.1) is 5.92 Å². The molecule has 1 saturated heterocycles. The van der Waals surface area contributed by atoms with Crippen LogP contribution in [0.15, 0.2) is 0 Å². The number of carbonyl (C=O) groups excluding carboxylic acids is 2. The first-order chi connectivity index (χ1) is 9.30. The number of rotatable bonds is 3. The largest absolute Gasteiger partial charge is 0.466 e. The molecule has 0 aromatic rings. The highest BCUT2D eigenvalue weighted by molar-refractivity contribution is 5.73. The van der Waals surface area contributed by atoms with Gasteiger partial charge in [-0.25, -0.2) is 4.79 Å². The standard InChI is InChI=1S/C14H23NO5/c1-5-18-12(16)8-6-9(11-10(7-8)19-11)15-13(17)20-14(2,3)4/h8-11H,5-7H2,1-4H3,(H,15,17)/t8-,9-,10+,11-/m0/s1. The van der Waals surface area contributed by atoms with E-state index in [4.69, 9.17) is 14.2 Å². The van der Waals surface area contributed by atoms with Crippen LogP contribution in [0.3, 0.4) is 0 Å². The highest BCUT2D eigenvalue weighted by Crippen LogP contribution is 2.40. The Hall–Kier alpha value is -1.30. The number of esters is 1. The minimum absolute atomic E-state index is 0.00759. The molecule has 0 aromatic carbocycles. The summed E-state index contributed by atoms with van der Waals surface area (Å²) in [5.74, 6) is -0.420. The molecule has 6 heteroatoms. The fourth-order valence-corrected chi connectivity index (χ4v) is 2.57. The summed E-state index contributed by atoms with van der Waals surface area (Å²) in [5, 5.41) is 2.80. The van der Waals surface area contributed by atoms with Gasteiger partial charge < -0.3 is 19.5 Å². The predicted molar refractivity (Wildman–Crippen MR) is 71.2 cm³/mol. The van der Waals surface area contributed by atoms with Crippen molar-refractivity contribution < 1.29 is 23.8 Å². The second-order valence-electron chi connectivity index (χ2n) is 6.31. The maximum absolute atomic E-state index is 11.8. The summed E-state index contributed by atoms with van der Waals surface area (Å²) in [5.41, 5.74) is -0.539. The SMILES string of the molecule is CCOC(=O)[C@H]1C[C@H](NC(=O)OC(C)(C)C)[C@@H]2O[C@@H]2C1. The van der Waals surface area contributed by atoms with Gasteiger partial charge in [-0.2, -0.15) is 0 Å². The highest BCUT2D eigenvalue weighted by atomic mass is 16.6. The molecule has 1 N–H and O–H groups in total. The molecule has 20 heavy (non-hydrogen) atoms. The Morgan fingerprint density at radius 3 is 2.60 bits per heavy atom. The van der Waals surface area contributed by atoms with Crippen LogP contribution in [-0.4, -0.2) is 42.5 Å². The molecular weight excluding hydrogens is 262 g/mol. The van der Waals surface area contributed by atoms with Gasteiger partial charge >= 0.3 is 12.1 Å². The Morgan fingerprint density at radius 2 is 2.00 bits per heavy atom. The molecule has 0 unspecified atom stereocenters. The van der Waals surface area contributed by atoms with Crippen molar-refractivity contribution in [1.82, 2.24) is 5.32 Å². The van der Waals surface area contributed by atoms with E-state index in [1.165, 1.54) is 0 Å². The summed E-state index contributed by atoms with van der Waals surface area (Å²) in [6.45, 7) is 7.59. The van der Waals surface area contributed by atoms with Crippen LogP contribution < -0.4 is 5.32 Å². The maximum Gasteiger partial charge on any atom is 0.407 e. The van der Waals surface area contributed by atoms with Gasteiger partial charge in [0.1, 0.15) is 11.7 Å². The minimum atomic E-state index is -0.539. The number of hydrogen-bond acceptors (Lipinski definition) is 5. The van der Waals surface area contributed by atoms with E-state index < -0.39 is 11.7 Å². The lowest BCUT2D eigenvalue weighted by atomic mass is 9.86. The Bertz CT molecular complexity index is 390. The summed E-state index contributed by atoms with van der Waals surface area (Å²) in [7, 11) is 0. The van der Waals surface area contributed by atoms with Crippen molar-refractivity contribution in [2.75, 3.05) is 6.61 Å². The summed E-state index contributed by atoms with van der Waals surface area (Å²) in [4.78, 5) is 23.6. The number of amides is 1. The summed E-state index contributed by atoms with van der Waals surface area (Å²) in [6.07, 6.45) is 0.808. The molecule has 1 aliphatic heterocycles. The zero-order valence-electron chi connectivity index (χ0n) is 12.5. The first-order valence-corrected chi connectivity index (χ1v) is 7.11. The van der Waals surface area contributed by atoms with Crippen molar-refractivity contribution in [3.63, 3.8) is 0 Å². The van der Waals surface area contributed by atoms with Crippen LogP contribution >= 0.6 is 0 Å². The van der Waals surface area contributed by atoms with Crippen molar-refractivity contribution in [3.8, 4) is 0 Å². The van der Waals surface area contributed by atoms with Crippen LogP contribution in [-0.2, 0) is 19.0 Å². The molecule has 1 saturated carbocycles. The van der Waals surface area contributed by atoms with Gasteiger partial charge in [-0.15, -0.1) is 0 Å². The second kappa shape index (κ2) is 5.60. The lowest BCUT2D eigenvalue weighted by molar-refractivity contribution is -0.149. The van der Waals surface area contributed by atoms with Gasteiger partial charge in [0.15, 0.2) is 0 Å². The molecule has 1 aliphatic carbocycles. The summed E-state index contributed by atoms with van der Waals surface area (Å²) >= 11 is 0. The maximum atomic E-state index is 11.8. The smallest absolute Gasteiger partial charge is 0.407 e. The van der Waals surface area contributed by atoms with Gasteiger partial charge in [-0.05, 0) is 40.5 Å². The highest BCUT2D eigenvalue weighted by Gasteiger charge is 2.53. The molecule has 6 nitrogen and oxygen atoms in total. The van der Waals surface area contributed by atoms with E-state index in [-0.39, 0.29) is 30.1 Å². The van der Waals surface area contributed by atoms with Gasteiger partial charge in [-0.1, -0.05) is 0 Å². The monoisotopic (exact) mass is 285 g/mol. The van der Waals surface area contributed by atoms with Crippen LogP contribution in [0.5, 0.6) is 0 Å². The van der Waals surface area contributed by atoms with E-state index in [2.05, 4.69) is 5.32 Å². The number of hydrogen-bond donors (Lipinski definition) is 1. The summed E-state index contributed by atoms with van der Waals surface area (Å²) < 4.78 is 15.8. The molecule has 2 rings (SSSR count). The zero-order valence-corrected chi connectivity index (χ0v) is 12.5. The third-order valence-electron chi connectivity index (χ3n) is 3.40. The molecule has 1 heterocycles. The molecule has 0 spiro atoms. The number of nitrogens with one attached hydrogen (secondary N) is 1. The number of epoxide rings is 1. The molecule has 114 valence electrons. The topological polar surface area (TPSA) is 77.2 Å². The third kappa shape index (κ3) is 3.85. The second-order valence-corrected chi connectivity index (χ2v) is 6.31. The van der Waals surface area contributed by atoms with E-state index in [1.807, 2.05) is 20.8 Å². The average molecular weight is 285 g/mol. The molecule has 2 aliphatic rings. The number of carbonyl (C=O) groups is 2. The third-order valence-corrected chi connectivity index (χ3v) is 3.40. The zero-order chi connectivity index (χ0) is 14.9. The Morgan fingerprint density at radius 1 is 1.30 bits per heavy atom. The minimum Gasteiger partial charge on any atom is -0.466 e. The van der Waals surface area contributed by atoms with Crippen LogP contribution in [0.25, 0.3) is 0 Å². The molecule has 1 amide bonds. The van der Waals surface area contributed by atoms with Gasteiger partial charge in [0.2, 0.25) is 0 Å². The number of fused-ring (bicyclic) bond motifs is 1. The molecule has 0 radical (unpaired) electrons. The number of ether oxygens (including phenoxy) is 3. The lowest BCUT2D eigenvalue weighted by Crippen LogP contribution is -2.46. The summed E-state index contributed by atoms with van der Waals surface area (Å²) in [6, 6.07) is -0.182. The normalized spacial score (nSPS) is 32.0. The molecule has 0 bridgehead atoms. The van der Waals surface area contributed by atoms with Crippen LogP contribution in [0.4, 0.5) is 4.79 Å². The predicted octanol–water partition coefficient (Wildman–Crippen LogP) is 1.62. The Balaban J connectivity index is 1.88. The van der Waals surface area contributed by atoms with Crippen molar-refractivity contribution in [2.45, 2.75) is 64.4 Å². The number of alkyl carbamates (subject to hydrolysis) is 1. The molecule has 4 atom stereocenters. The lowest BCUT2D eigenvalue weighted by Gasteiger charge is -2.27. The van der Waals surface area contributed by atoms with Gasteiger partial charge in [-0.3, -0.25) is 4.79 Å². The van der Waals surface area contributed by atoms with Crippen molar-refractivity contribution in [1.29, 1.82) is 0 Å². The first kappa shape index (κ1) is 15.1. The molecular formula is C14H23NO5. The van der Waals surface area contributed by atoms with Crippen molar-refractivity contribution >= 4 is 12.1 Å². The fraction of sp³-hybridized carbons (Fsp3) is 0.857. The Labute approximate surface area is 119 Å². The van der Waals surface area contributed by atoms with E-state index in [0.717, 1.165) is 0 Å². The fourth-order valence-electron chi connectivity index (χ4n) is 2.57. The quantitative estimate of drug-likeness (QED) is 0.630. The average Bonchev–Trinajstić information content (AvgIpc) is 3.05. The van der Waals surface area contributed by atoms with Crippen LogP contribution in [0.2, 0.25) is 0 Å². The van der Waals surface area contributed by atoms with Crippen molar-refractivity contribution in [2.24, 2.45) is 5.92 Å². The Kier molecular flexibility index (Phi) is 4.22. The molecule has 0 aromatic heterocycles. The van der Waals surface area contributed by atoms with Crippen molar-refractivity contribution in [3.05, 3.63) is 0 Å². The van der Waals surface area contributed by atoms with Gasteiger partial charge in [0.05, 0.1) is 24.7 Å². The van der Waals surface area contributed by atoms with Gasteiger partial charge in [0.25, 0.3) is 0 Å². The van der Waals surface area contributed by atoms with E-state index >= 15 is 0 Å². The van der Waals surface area contributed by atoms with E-state index in [1.54, 1.807) is 6.92 Å². The molecule has 2 fully saturated rings. The van der Waals surface area contributed by atoms with Gasteiger partial charge in [0, 0.05) is 0 Å². The first-order valence-electron chi connectivity index (χ1n) is 7.11. The van der Waals surface area contributed by atoms with E-state index in [0.29, 0.717) is 19.4 Å².